The Morgan fingerprint density at radius 3 is 2.67 bits per heavy atom. The predicted molar refractivity (Wildman–Crippen MR) is 83.6 cm³/mol. The molecule has 1 atom stereocenters. The second kappa shape index (κ2) is 7.43. The molecule has 21 heavy (non-hydrogen) atoms. The summed E-state index contributed by atoms with van der Waals surface area (Å²) in [7, 11) is 3.75. The van der Waals surface area contributed by atoms with Gasteiger partial charge in [0.05, 0.1) is 5.60 Å². The number of rotatable bonds is 7. The number of carbonyl (C=O) groups excluding carboxylic acids is 1. The lowest BCUT2D eigenvalue weighted by Crippen LogP contribution is -2.47. The molecule has 5 heteroatoms. The Hall–Kier alpha value is -1.59. The van der Waals surface area contributed by atoms with Crippen molar-refractivity contribution in [3.8, 4) is 5.75 Å². The first-order chi connectivity index (χ1) is 9.69. The lowest BCUT2D eigenvalue weighted by Gasteiger charge is -2.27. The van der Waals surface area contributed by atoms with Crippen LogP contribution < -0.4 is 10.1 Å². The van der Waals surface area contributed by atoms with Gasteiger partial charge in [0.2, 0.25) is 0 Å². The van der Waals surface area contributed by atoms with Gasteiger partial charge in [0.25, 0.3) is 5.91 Å². The van der Waals surface area contributed by atoms with E-state index in [9.17, 15) is 9.90 Å². The van der Waals surface area contributed by atoms with Crippen molar-refractivity contribution in [1.29, 1.82) is 0 Å². The Morgan fingerprint density at radius 2 is 2.05 bits per heavy atom. The third kappa shape index (κ3) is 6.60. The summed E-state index contributed by atoms with van der Waals surface area (Å²) < 4.78 is 5.52. The van der Waals surface area contributed by atoms with E-state index < -0.39 is 5.60 Å². The topological polar surface area (TPSA) is 61.8 Å². The lowest BCUT2D eigenvalue weighted by molar-refractivity contribution is -0.124. The van der Waals surface area contributed by atoms with E-state index in [1.54, 1.807) is 6.92 Å². The molecule has 0 saturated carbocycles. The molecule has 0 fully saturated rings. The quantitative estimate of drug-likeness (QED) is 0.791. The highest BCUT2D eigenvalue weighted by Gasteiger charge is 2.22. The average Bonchev–Trinajstić information content (AvgIpc) is 2.36. The van der Waals surface area contributed by atoms with Crippen LogP contribution in [0.2, 0.25) is 0 Å². The Kier molecular flexibility index (Phi) is 6.18. The molecule has 118 valence electrons. The second-order valence-electron chi connectivity index (χ2n) is 6.07. The molecule has 0 heterocycles. The molecule has 0 radical (unpaired) electrons. The summed E-state index contributed by atoms with van der Waals surface area (Å²) in [6.45, 7) is 6.23. The summed E-state index contributed by atoms with van der Waals surface area (Å²) in [6.07, 6.45) is 0. The molecule has 1 rings (SSSR count). The van der Waals surface area contributed by atoms with Gasteiger partial charge in [-0.1, -0.05) is 12.1 Å². The molecule has 0 aromatic heterocycles. The van der Waals surface area contributed by atoms with E-state index in [4.69, 9.17) is 4.74 Å². The van der Waals surface area contributed by atoms with Crippen molar-refractivity contribution in [2.75, 3.05) is 33.8 Å². The highest BCUT2D eigenvalue weighted by Crippen LogP contribution is 2.18. The minimum Gasteiger partial charge on any atom is -0.483 e. The summed E-state index contributed by atoms with van der Waals surface area (Å²) in [5.41, 5.74) is 1.12. The second-order valence-corrected chi connectivity index (χ2v) is 6.07. The first-order valence-electron chi connectivity index (χ1n) is 7.03. The molecule has 1 aromatic carbocycles. The minimum absolute atomic E-state index is 0.0532. The lowest BCUT2D eigenvalue weighted by atomic mass is 10.1. The zero-order chi connectivity index (χ0) is 16.0. The Labute approximate surface area is 126 Å². The van der Waals surface area contributed by atoms with E-state index in [2.05, 4.69) is 5.32 Å². The van der Waals surface area contributed by atoms with Crippen LogP contribution in [0.4, 0.5) is 0 Å². The molecule has 0 aliphatic carbocycles. The fourth-order valence-corrected chi connectivity index (χ4v) is 2.08. The number of aryl methyl sites for hydroxylation is 2. The summed E-state index contributed by atoms with van der Waals surface area (Å²) in [5.74, 6) is 0.472. The third-order valence-electron chi connectivity index (χ3n) is 3.03. The molecule has 0 aliphatic rings. The maximum atomic E-state index is 11.8. The normalized spacial score (nSPS) is 13.9. The van der Waals surface area contributed by atoms with E-state index in [1.807, 2.05) is 51.0 Å². The SMILES string of the molecule is Cc1ccc(C)c(OCC(=O)NCC(C)(O)CN(C)C)c1. The van der Waals surface area contributed by atoms with Crippen molar-refractivity contribution < 1.29 is 14.6 Å². The fourth-order valence-electron chi connectivity index (χ4n) is 2.08. The third-order valence-corrected chi connectivity index (χ3v) is 3.03. The van der Waals surface area contributed by atoms with E-state index in [-0.39, 0.29) is 19.1 Å². The van der Waals surface area contributed by atoms with Crippen molar-refractivity contribution in [1.82, 2.24) is 10.2 Å². The largest absolute Gasteiger partial charge is 0.483 e. The molecule has 1 amide bonds. The first-order valence-corrected chi connectivity index (χ1v) is 7.03. The van der Waals surface area contributed by atoms with Gasteiger partial charge in [-0.2, -0.15) is 0 Å². The number of hydrogen-bond acceptors (Lipinski definition) is 4. The Balaban J connectivity index is 2.42. The van der Waals surface area contributed by atoms with Crippen LogP contribution in [0.3, 0.4) is 0 Å². The molecule has 5 nitrogen and oxygen atoms in total. The van der Waals surface area contributed by atoms with Crippen LogP contribution in [0.1, 0.15) is 18.1 Å². The van der Waals surface area contributed by atoms with Crippen LogP contribution in [0.15, 0.2) is 18.2 Å². The first kappa shape index (κ1) is 17.5. The van der Waals surface area contributed by atoms with Crippen LogP contribution in [0, 0.1) is 13.8 Å². The average molecular weight is 294 g/mol. The van der Waals surface area contributed by atoms with E-state index >= 15 is 0 Å². The number of nitrogens with one attached hydrogen (secondary N) is 1. The highest BCUT2D eigenvalue weighted by molar-refractivity contribution is 5.77. The van der Waals surface area contributed by atoms with Crippen molar-refractivity contribution in [3.05, 3.63) is 29.3 Å². The molecular weight excluding hydrogens is 268 g/mol. The molecular formula is C16H26N2O3. The number of aliphatic hydroxyl groups is 1. The fraction of sp³-hybridized carbons (Fsp3) is 0.562. The van der Waals surface area contributed by atoms with E-state index in [0.717, 1.165) is 11.1 Å². The van der Waals surface area contributed by atoms with Crippen molar-refractivity contribution in [3.63, 3.8) is 0 Å². The summed E-state index contributed by atoms with van der Waals surface area (Å²) in [6, 6.07) is 5.87. The van der Waals surface area contributed by atoms with E-state index in [0.29, 0.717) is 12.3 Å². The van der Waals surface area contributed by atoms with Gasteiger partial charge in [-0.3, -0.25) is 4.79 Å². The standard InChI is InChI=1S/C16H26N2O3/c1-12-6-7-13(2)14(8-12)21-9-15(19)17-10-16(3,20)11-18(4)5/h6-8,20H,9-11H2,1-5H3,(H,17,19). The van der Waals surface area contributed by atoms with Gasteiger partial charge in [-0.15, -0.1) is 0 Å². The monoisotopic (exact) mass is 294 g/mol. The highest BCUT2D eigenvalue weighted by atomic mass is 16.5. The molecule has 0 aliphatic heterocycles. The molecule has 1 aromatic rings. The number of ether oxygens (including phenoxy) is 1. The van der Waals surface area contributed by atoms with Crippen LogP contribution >= 0.6 is 0 Å². The Bertz CT molecular complexity index is 484. The molecule has 1 unspecified atom stereocenters. The van der Waals surface area contributed by atoms with Gasteiger partial charge in [0, 0.05) is 13.1 Å². The number of nitrogens with zero attached hydrogens (tertiary/aromatic N) is 1. The van der Waals surface area contributed by atoms with Crippen LogP contribution in [-0.2, 0) is 4.79 Å². The van der Waals surface area contributed by atoms with Gasteiger partial charge in [-0.25, -0.2) is 0 Å². The van der Waals surface area contributed by atoms with Gasteiger partial charge >= 0.3 is 0 Å². The van der Waals surface area contributed by atoms with Crippen LogP contribution in [0.5, 0.6) is 5.75 Å². The van der Waals surface area contributed by atoms with E-state index in [1.165, 1.54) is 0 Å². The molecule has 0 bridgehead atoms. The molecule has 0 spiro atoms. The minimum atomic E-state index is -0.960. The smallest absolute Gasteiger partial charge is 0.258 e. The summed E-state index contributed by atoms with van der Waals surface area (Å²) in [4.78, 5) is 13.7. The summed E-state index contributed by atoms with van der Waals surface area (Å²) >= 11 is 0. The van der Waals surface area contributed by atoms with Gasteiger partial charge < -0.3 is 20.1 Å². The zero-order valence-corrected chi connectivity index (χ0v) is 13.6. The molecule has 2 N–H and O–H groups in total. The van der Waals surface area contributed by atoms with Crippen LogP contribution in [0.25, 0.3) is 0 Å². The van der Waals surface area contributed by atoms with Crippen LogP contribution in [-0.4, -0.2) is 55.3 Å². The zero-order valence-electron chi connectivity index (χ0n) is 13.6. The summed E-state index contributed by atoms with van der Waals surface area (Å²) in [5, 5.41) is 12.8. The van der Waals surface area contributed by atoms with Gasteiger partial charge in [0.1, 0.15) is 5.75 Å². The van der Waals surface area contributed by atoms with Crippen molar-refractivity contribution in [2.45, 2.75) is 26.4 Å². The predicted octanol–water partition coefficient (Wildman–Crippen LogP) is 1.11. The van der Waals surface area contributed by atoms with Crippen molar-refractivity contribution >= 4 is 5.91 Å². The van der Waals surface area contributed by atoms with Gasteiger partial charge in [-0.05, 0) is 52.1 Å². The maximum Gasteiger partial charge on any atom is 0.258 e. The van der Waals surface area contributed by atoms with Gasteiger partial charge in [0.15, 0.2) is 6.61 Å². The Morgan fingerprint density at radius 1 is 1.38 bits per heavy atom. The number of hydrogen-bond donors (Lipinski definition) is 2. The molecule has 0 saturated heterocycles. The maximum absolute atomic E-state index is 11.8. The van der Waals surface area contributed by atoms with Crippen molar-refractivity contribution in [2.24, 2.45) is 0 Å². The number of amides is 1. The number of carbonyl (C=O) groups is 1. The number of likely N-dealkylation sites (N-methyl/N-ethyl adjacent to an activating group) is 1. The number of benzene rings is 1.